The SMILES string of the molecule is C[C@H](NC(=O)c1ccco1)C(=O)N1CCCN(CCCOc2ccc(-c3noc(C4CC4)n3)c(F)c2)CC1. The first-order chi connectivity index (χ1) is 18.5. The molecule has 0 spiro atoms. The number of halogens is 1. The molecule has 1 aliphatic carbocycles. The number of hydrogen-bond donors (Lipinski definition) is 1. The molecular weight excluding hydrogens is 493 g/mol. The topological polar surface area (TPSA) is 114 Å². The van der Waals surface area contributed by atoms with Crippen LogP contribution in [0.25, 0.3) is 11.4 Å². The van der Waals surface area contributed by atoms with Gasteiger partial charge in [-0.15, -0.1) is 0 Å². The molecule has 2 amide bonds. The molecule has 1 saturated heterocycles. The minimum Gasteiger partial charge on any atom is -0.493 e. The Morgan fingerprint density at radius 2 is 2.08 bits per heavy atom. The van der Waals surface area contributed by atoms with Crippen LogP contribution in [0.15, 0.2) is 45.5 Å². The molecule has 1 aromatic carbocycles. The average Bonchev–Trinajstić information content (AvgIpc) is 3.47. The molecule has 2 aliphatic rings. The number of ether oxygens (including phenoxy) is 1. The standard InChI is InChI=1S/C27H32FN5O5/c1-18(29-25(34)23-5-2-15-37-23)27(35)33-12-3-10-32(13-14-33)11-4-16-36-20-8-9-21(22(28)17-20)24-30-26(38-31-24)19-6-7-19/h2,5,8-9,15,17-19H,3-4,6-7,10-14,16H2,1H3,(H,29,34)/t18-/m0/s1. The average molecular weight is 526 g/mol. The molecule has 1 aliphatic heterocycles. The van der Waals surface area contributed by atoms with Crippen molar-refractivity contribution in [3.05, 3.63) is 54.1 Å². The van der Waals surface area contributed by atoms with Gasteiger partial charge in [0.2, 0.25) is 17.6 Å². The molecule has 1 N–H and O–H groups in total. The number of amides is 2. The minimum atomic E-state index is -0.639. The molecule has 1 saturated carbocycles. The van der Waals surface area contributed by atoms with Crippen molar-refractivity contribution in [3.8, 4) is 17.1 Å². The minimum absolute atomic E-state index is 0.106. The summed E-state index contributed by atoms with van der Waals surface area (Å²) in [7, 11) is 0. The lowest BCUT2D eigenvalue weighted by Gasteiger charge is -2.25. The zero-order chi connectivity index (χ0) is 26.5. The Bertz CT molecular complexity index is 1240. The number of carbonyl (C=O) groups excluding carboxylic acids is 2. The molecule has 0 bridgehead atoms. The second kappa shape index (κ2) is 11.8. The molecule has 2 aromatic heterocycles. The van der Waals surface area contributed by atoms with Crippen molar-refractivity contribution in [1.29, 1.82) is 0 Å². The van der Waals surface area contributed by atoms with E-state index in [1.54, 1.807) is 36.1 Å². The summed E-state index contributed by atoms with van der Waals surface area (Å²) in [6.45, 7) is 5.77. The summed E-state index contributed by atoms with van der Waals surface area (Å²) in [5.41, 5.74) is 0.298. The number of carbonyl (C=O) groups is 2. The van der Waals surface area contributed by atoms with Gasteiger partial charge in [-0.3, -0.25) is 9.59 Å². The molecule has 2 fully saturated rings. The zero-order valence-corrected chi connectivity index (χ0v) is 21.4. The van der Waals surface area contributed by atoms with Gasteiger partial charge in [0.05, 0.1) is 18.4 Å². The number of nitrogens with one attached hydrogen (secondary N) is 1. The second-order valence-corrected chi connectivity index (χ2v) is 9.77. The number of furan rings is 1. The maximum atomic E-state index is 14.6. The smallest absolute Gasteiger partial charge is 0.287 e. The third-order valence-electron chi connectivity index (χ3n) is 6.80. The third kappa shape index (κ3) is 6.39. The van der Waals surface area contributed by atoms with Crippen molar-refractivity contribution in [2.45, 2.75) is 44.6 Å². The van der Waals surface area contributed by atoms with Gasteiger partial charge in [-0.05, 0) is 63.4 Å². The Morgan fingerprint density at radius 3 is 2.84 bits per heavy atom. The Hall–Kier alpha value is -3.73. The van der Waals surface area contributed by atoms with Crippen LogP contribution in [0.5, 0.6) is 5.75 Å². The van der Waals surface area contributed by atoms with Crippen LogP contribution in [-0.4, -0.2) is 77.1 Å². The fraction of sp³-hybridized carbons (Fsp3) is 0.481. The fourth-order valence-electron chi connectivity index (χ4n) is 4.51. The molecule has 0 unspecified atom stereocenters. The quantitative estimate of drug-likeness (QED) is 0.401. The molecule has 3 aromatic rings. The summed E-state index contributed by atoms with van der Waals surface area (Å²) in [6.07, 6.45) is 5.11. The van der Waals surface area contributed by atoms with Crippen molar-refractivity contribution >= 4 is 11.8 Å². The van der Waals surface area contributed by atoms with Gasteiger partial charge in [0.1, 0.15) is 17.6 Å². The van der Waals surface area contributed by atoms with Crippen LogP contribution in [0.3, 0.4) is 0 Å². The van der Waals surface area contributed by atoms with E-state index in [2.05, 4.69) is 20.4 Å². The van der Waals surface area contributed by atoms with Crippen molar-refractivity contribution in [1.82, 2.24) is 25.3 Å². The fourth-order valence-corrected chi connectivity index (χ4v) is 4.51. The zero-order valence-electron chi connectivity index (χ0n) is 21.4. The maximum absolute atomic E-state index is 14.6. The van der Waals surface area contributed by atoms with Crippen molar-refractivity contribution in [2.75, 3.05) is 39.3 Å². The summed E-state index contributed by atoms with van der Waals surface area (Å²) >= 11 is 0. The number of nitrogens with zero attached hydrogens (tertiary/aromatic N) is 4. The van der Waals surface area contributed by atoms with Crippen LogP contribution in [-0.2, 0) is 4.79 Å². The van der Waals surface area contributed by atoms with Crippen LogP contribution >= 0.6 is 0 Å². The molecule has 1 atom stereocenters. The number of hydrogen-bond acceptors (Lipinski definition) is 8. The predicted molar refractivity (Wildman–Crippen MR) is 135 cm³/mol. The first kappa shape index (κ1) is 25.9. The van der Waals surface area contributed by atoms with Crippen LogP contribution in [0.2, 0.25) is 0 Å². The molecule has 11 heteroatoms. The molecular formula is C27H32FN5O5. The van der Waals surface area contributed by atoms with Crippen molar-refractivity contribution in [2.24, 2.45) is 0 Å². The normalized spacial score (nSPS) is 17.2. The largest absolute Gasteiger partial charge is 0.493 e. The number of benzene rings is 1. The second-order valence-electron chi connectivity index (χ2n) is 9.77. The van der Waals surface area contributed by atoms with Crippen LogP contribution < -0.4 is 10.1 Å². The van der Waals surface area contributed by atoms with Gasteiger partial charge in [-0.25, -0.2) is 4.39 Å². The number of rotatable bonds is 10. The Balaban J connectivity index is 1.03. The Labute approximate surface area is 220 Å². The maximum Gasteiger partial charge on any atom is 0.287 e. The van der Waals surface area contributed by atoms with E-state index >= 15 is 0 Å². The highest BCUT2D eigenvalue weighted by atomic mass is 19.1. The molecule has 202 valence electrons. The van der Waals surface area contributed by atoms with Gasteiger partial charge in [-0.1, -0.05) is 5.16 Å². The monoisotopic (exact) mass is 525 g/mol. The lowest BCUT2D eigenvalue weighted by molar-refractivity contribution is -0.132. The molecule has 5 rings (SSSR count). The highest BCUT2D eigenvalue weighted by Gasteiger charge is 2.30. The Morgan fingerprint density at radius 1 is 1.21 bits per heavy atom. The summed E-state index contributed by atoms with van der Waals surface area (Å²) < 4.78 is 30.7. The van der Waals surface area contributed by atoms with Crippen molar-refractivity contribution in [3.63, 3.8) is 0 Å². The van der Waals surface area contributed by atoms with Gasteiger partial charge in [0.25, 0.3) is 5.91 Å². The van der Waals surface area contributed by atoms with Gasteiger partial charge in [-0.2, -0.15) is 4.98 Å². The molecule has 38 heavy (non-hydrogen) atoms. The predicted octanol–water partition coefficient (Wildman–Crippen LogP) is 3.47. The molecule has 3 heterocycles. The van der Waals surface area contributed by atoms with Crippen LogP contribution in [0.4, 0.5) is 4.39 Å². The first-order valence-corrected chi connectivity index (χ1v) is 13.1. The van der Waals surface area contributed by atoms with Gasteiger partial charge in [0.15, 0.2) is 5.76 Å². The Kier molecular flexibility index (Phi) is 8.02. The summed E-state index contributed by atoms with van der Waals surface area (Å²) in [4.78, 5) is 33.4. The van der Waals surface area contributed by atoms with E-state index in [1.807, 2.05) is 0 Å². The summed E-state index contributed by atoms with van der Waals surface area (Å²) in [5.74, 6) is 0.837. The first-order valence-electron chi connectivity index (χ1n) is 13.1. The van der Waals surface area contributed by atoms with Gasteiger partial charge < -0.3 is 28.8 Å². The summed E-state index contributed by atoms with van der Waals surface area (Å²) in [6, 6.07) is 7.23. The van der Waals surface area contributed by atoms with Gasteiger partial charge >= 0.3 is 0 Å². The molecule has 0 radical (unpaired) electrons. The lowest BCUT2D eigenvalue weighted by Crippen LogP contribution is -2.48. The lowest BCUT2D eigenvalue weighted by atomic mass is 10.2. The van der Waals surface area contributed by atoms with Gasteiger partial charge in [0, 0.05) is 38.2 Å². The van der Waals surface area contributed by atoms with Crippen LogP contribution in [0.1, 0.15) is 55.0 Å². The highest BCUT2D eigenvalue weighted by Crippen LogP contribution is 2.39. The highest BCUT2D eigenvalue weighted by molar-refractivity contribution is 5.95. The van der Waals surface area contributed by atoms with E-state index in [0.29, 0.717) is 42.8 Å². The van der Waals surface area contributed by atoms with Crippen molar-refractivity contribution < 1.29 is 27.7 Å². The third-order valence-corrected chi connectivity index (χ3v) is 6.80. The molecule has 10 nitrogen and oxygen atoms in total. The van der Waals surface area contributed by atoms with E-state index in [4.69, 9.17) is 13.7 Å². The van der Waals surface area contributed by atoms with Crippen LogP contribution in [0, 0.1) is 5.82 Å². The van der Waals surface area contributed by atoms with E-state index in [-0.39, 0.29) is 17.5 Å². The van der Waals surface area contributed by atoms with E-state index in [0.717, 1.165) is 45.3 Å². The van der Waals surface area contributed by atoms with E-state index < -0.39 is 17.8 Å². The summed E-state index contributed by atoms with van der Waals surface area (Å²) in [5, 5.41) is 6.60. The number of aromatic nitrogens is 2. The van der Waals surface area contributed by atoms with E-state index in [9.17, 15) is 14.0 Å². The van der Waals surface area contributed by atoms with E-state index in [1.165, 1.54) is 12.3 Å².